The lowest BCUT2D eigenvalue weighted by Crippen LogP contribution is -2.43. The van der Waals surface area contributed by atoms with Crippen LogP contribution in [0.4, 0.5) is 0 Å². The van der Waals surface area contributed by atoms with Gasteiger partial charge in [-0.1, -0.05) is 0 Å². The first-order valence-electron chi connectivity index (χ1n) is 6.06. The number of amides is 1. The quantitative estimate of drug-likeness (QED) is 0.816. The molecule has 1 aromatic rings. The van der Waals surface area contributed by atoms with Crippen LogP contribution in [-0.2, 0) is 7.05 Å². The van der Waals surface area contributed by atoms with Gasteiger partial charge in [-0.3, -0.25) is 9.48 Å². The standard InChI is InChI=1S/C12H20N4O/c1-9-8-11(14-16(9)3)12(17)13-10-4-6-15(2)7-5-10/h8,10H,4-7H2,1-3H3,(H,13,17). The maximum absolute atomic E-state index is 12.0. The van der Waals surface area contributed by atoms with E-state index in [1.54, 1.807) is 4.68 Å². The third-order valence-corrected chi connectivity index (χ3v) is 3.40. The van der Waals surface area contributed by atoms with Crippen molar-refractivity contribution in [1.29, 1.82) is 0 Å². The van der Waals surface area contributed by atoms with E-state index in [0.29, 0.717) is 11.7 Å². The third kappa shape index (κ3) is 2.85. The highest BCUT2D eigenvalue weighted by Gasteiger charge is 2.20. The van der Waals surface area contributed by atoms with Gasteiger partial charge in [0.2, 0.25) is 0 Å². The number of aromatic nitrogens is 2. The number of carbonyl (C=O) groups is 1. The second-order valence-corrected chi connectivity index (χ2v) is 4.85. The second-order valence-electron chi connectivity index (χ2n) is 4.85. The highest BCUT2D eigenvalue weighted by atomic mass is 16.2. The van der Waals surface area contributed by atoms with Gasteiger partial charge in [0, 0.05) is 18.8 Å². The van der Waals surface area contributed by atoms with Gasteiger partial charge in [-0.25, -0.2) is 0 Å². The average molecular weight is 236 g/mol. The Morgan fingerprint density at radius 2 is 2.06 bits per heavy atom. The van der Waals surface area contributed by atoms with E-state index < -0.39 is 0 Å². The maximum Gasteiger partial charge on any atom is 0.272 e. The van der Waals surface area contributed by atoms with Gasteiger partial charge in [-0.2, -0.15) is 5.10 Å². The molecule has 5 nitrogen and oxygen atoms in total. The van der Waals surface area contributed by atoms with Crippen LogP contribution in [0.3, 0.4) is 0 Å². The Balaban J connectivity index is 1.93. The first kappa shape index (κ1) is 12.1. The van der Waals surface area contributed by atoms with Crippen molar-refractivity contribution in [3.63, 3.8) is 0 Å². The molecule has 2 rings (SSSR count). The van der Waals surface area contributed by atoms with Gasteiger partial charge in [0.1, 0.15) is 5.69 Å². The first-order chi connectivity index (χ1) is 8.06. The third-order valence-electron chi connectivity index (χ3n) is 3.40. The van der Waals surface area contributed by atoms with Crippen LogP contribution in [0.5, 0.6) is 0 Å². The number of hydrogen-bond acceptors (Lipinski definition) is 3. The first-order valence-corrected chi connectivity index (χ1v) is 6.06. The highest BCUT2D eigenvalue weighted by Crippen LogP contribution is 2.09. The van der Waals surface area contributed by atoms with Gasteiger partial charge < -0.3 is 10.2 Å². The summed E-state index contributed by atoms with van der Waals surface area (Å²) >= 11 is 0. The van der Waals surface area contributed by atoms with E-state index in [4.69, 9.17) is 0 Å². The van der Waals surface area contributed by atoms with Crippen molar-refractivity contribution in [2.45, 2.75) is 25.8 Å². The maximum atomic E-state index is 12.0. The van der Waals surface area contributed by atoms with Crippen LogP contribution in [0.1, 0.15) is 29.0 Å². The van der Waals surface area contributed by atoms with Crippen LogP contribution in [0, 0.1) is 6.92 Å². The molecule has 1 fully saturated rings. The molecule has 0 aromatic carbocycles. The lowest BCUT2D eigenvalue weighted by Gasteiger charge is -2.29. The number of likely N-dealkylation sites (tertiary alicyclic amines) is 1. The van der Waals surface area contributed by atoms with Crippen LogP contribution in [0.25, 0.3) is 0 Å². The SMILES string of the molecule is Cc1cc(C(=O)NC2CCN(C)CC2)nn1C. The molecule has 1 aromatic heterocycles. The molecule has 1 amide bonds. The number of nitrogens with one attached hydrogen (secondary N) is 1. The van der Waals surface area contributed by atoms with Crippen LogP contribution < -0.4 is 5.32 Å². The molecule has 1 aliphatic rings. The summed E-state index contributed by atoms with van der Waals surface area (Å²) in [7, 11) is 3.96. The molecule has 94 valence electrons. The Morgan fingerprint density at radius 1 is 1.41 bits per heavy atom. The number of aryl methyl sites for hydroxylation is 2. The Hall–Kier alpha value is -1.36. The van der Waals surface area contributed by atoms with E-state index in [9.17, 15) is 4.79 Å². The largest absolute Gasteiger partial charge is 0.348 e. The Morgan fingerprint density at radius 3 is 2.59 bits per heavy atom. The summed E-state index contributed by atoms with van der Waals surface area (Å²) in [4.78, 5) is 14.2. The monoisotopic (exact) mass is 236 g/mol. The number of carbonyl (C=O) groups excluding carboxylic acids is 1. The Kier molecular flexibility index (Phi) is 3.47. The Bertz CT molecular complexity index is 385. The molecule has 0 spiro atoms. The molecular weight excluding hydrogens is 216 g/mol. The average Bonchev–Trinajstić information content (AvgIpc) is 2.63. The minimum absolute atomic E-state index is 0.0525. The van der Waals surface area contributed by atoms with Crippen molar-refractivity contribution < 1.29 is 4.79 Å². The zero-order valence-electron chi connectivity index (χ0n) is 10.7. The molecule has 17 heavy (non-hydrogen) atoms. The van der Waals surface area contributed by atoms with Crippen molar-refractivity contribution in [3.8, 4) is 0 Å². The molecule has 1 saturated heterocycles. The van der Waals surface area contributed by atoms with Gasteiger partial charge in [-0.05, 0) is 46.0 Å². The van der Waals surface area contributed by atoms with Crippen LogP contribution in [0.15, 0.2) is 6.07 Å². The number of nitrogens with zero attached hydrogens (tertiary/aromatic N) is 3. The van der Waals surface area contributed by atoms with Crippen molar-refractivity contribution >= 4 is 5.91 Å². The predicted molar refractivity (Wildman–Crippen MR) is 65.9 cm³/mol. The summed E-state index contributed by atoms with van der Waals surface area (Å²) in [5, 5.41) is 7.24. The molecule has 0 bridgehead atoms. The van der Waals surface area contributed by atoms with Gasteiger partial charge in [0.05, 0.1) is 0 Å². The lowest BCUT2D eigenvalue weighted by atomic mass is 10.1. The van der Waals surface area contributed by atoms with Crippen LogP contribution in [0.2, 0.25) is 0 Å². The Labute approximate surface area is 102 Å². The van der Waals surface area contributed by atoms with Gasteiger partial charge in [0.15, 0.2) is 0 Å². The van der Waals surface area contributed by atoms with E-state index in [0.717, 1.165) is 31.6 Å². The number of hydrogen-bond donors (Lipinski definition) is 1. The van der Waals surface area contributed by atoms with E-state index in [1.165, 1.54) is 0 Å². The van der Waals surface area contributed by atoms with Crippen LogP contribution >= 0.6 is 0 Å². The molecular formula is C12H20N4O. The summed E-state index contributed by atoms with van der Waals surface area (Å²) in [6.07, 6.45) is 2.04. The number of rotatable bonds is 2. The molecule has 5 heteroatoms. The summed E-state index contributed by atoms with van der Waals surface area (Å²) < 4.78 is 1.73. The summed E-state index contributed by atoms with van der Waals surface area (Å²) in [6.45, 7) is 4.04. The molecule has 0 unspecified atom stereocenters. The molecule has 1 N–H and O–H groups in total. The fourth-order valence-electron chi connectivity index (χ4n) is 2.08. The summed E-state index contributed by atoms with van der Waals surface area (Å²) in [6, 6.07) is 2.12. The minimum Gasteiger partial charge on any atom is -0.348 e. The topological polar surface area (TPSA) is 50.2 Å². The normalized spacial score (nSPS) is 18.3. The molecule has 0 atom stereocenters. The van der Waals surface area contributed by atoms with Crippen LogP contribution in [-0.4, -0.2) is 46.8 Å². The van der Waals surface area contributed by atoms with Gasteiger partial charge in [0.25, 0.3) is 5.91 Å². The predicted octanol–water partition coefficient (Wildman–Crippen LogP) is 0.553. The highest BCUT2D eigenvalue weighted by molar-refractivity contribution is 5.92. The van der Waals surface area contributed by atoms with Crippen molar-refractivity contribution in [2.24, 2.45) is 7.05 Å². The zero-order valence-corrected chi connectivity index (χ0v) is 10.7. The molecule has 2 heterocycles. The van der Waals surface area contributed by atoms with Crippen molar-refractivity contribution in [3.05, 3.63) is 17.5 Å². The van der Waals surface area contributed by atoms with E-state index in [2.05, 4.69) is 22.4 Å². The second kappa shape index (κ2) is 4.87. The number of piperidine rings is 1. The van der Waals surface area contributed by atoms with Crippen molar-refractivity contribution in [1.82, 2.24) is 20.0 Å². The lowest BCUT2D eigenvalue weighted by molar-refractivity contribution is 0.0911. The minimum atomic E-state index is -0.0525. The molecule has 1 aliphatic heterocycles. The summed E-state index contributed by atoms with van der Waals surface area (Å²) in [5.74, 6) is -0.0525. The van der Waals surface area contributed by atoms with Gasteiger partial charge in [-0.15, -0.1) is 0 Å². The molecule has 0 aliphatic carbocycles. The fraction of sp³-hybridized carbons (Fsp3) is 0.667. The van der Waals surface area contributed by atoms with E-state index in [1.807, 2.05) is 20.0 Å². The smallest absolute Gasteiger partial charge is 0.272 e. The molecule has 0 radical (unpaired) electrons. The fourth-order valence-corrected chi connectivity index (χ4v) is 2.08. The van der Waals surface area contributed by atoms with E-state index >= 15 is 0 Å². The van der Waals surface area contributed by atoms with E-state index in [-0.39, 0.29) is 5.91 Å². The van der Waals surface area contributed by atoms with Crippen molar-refractivity contribution in [2.75, 3.05) is 20.1 Å². The van der Waals surface area contributed by atoms with Gasteiger partial charge >= 0.3 is 0 Å². The zero-order chi connectivity index (χ0) is 12.4. The summed E-state index contributed by atoms with van der Waals surface area (Å²) in [5.41, 5.74) is 1.52. The molecule has 0 saturated carbocycles.